The smallest absolute Gasteiger partial charge is 0.308 e. The van der Waals surface area contributed by atoms with Gasteiger partial charge in [0.25, 0.3) is 11.8 Å². The number of unbranched alkanes of at least 4 members (excludes halogenated alkanes) is 6. The fraction of sp³-hybridized carbons (Fsp3) is 0.605. The van der Waals surface area contributed by atoms with E-state index in [4.69, 9.17) is 14.2 Å². The number of amides is 2. The molecule has 2 amide bonds. The van der Waals surface area contributed by atoms with Crippen LogP contribution in [0.5, 0.6) is 5.75 Å². The summed E-state index contributed by atoms with van der Waals surface area (Å²) in [5.41, 5.74) is -2.81. The summed E-state index contributed by atoms with van der Waals surface area (Å²) in [5.74, 6) is -3.35. The molecule has 2 bridgehead atoms. The highest BCUT2D eigenvalue weighted by atomic mass is 19.1. The number of carbonyl (C=O) groups excluding carboxylic acids is 3. The van der Waals surface area contributed by atoms with Crippen LogP contribution in [0.25, 0.3) is 0 Å². The number of aromatic nitrogens is 1. The molecule has 1 saturated heterocycles. The minimum Gasteiger partial charge on any atom is -0.484 e. The van der Waals surface area contributed by atoms with Crippen LogP contribution in [-0.4, -0.2) is 66.7 Å². The molecule has 0 aliphatic carbocycles. The highest BCUT2D eigenvalue weighted by Crippen LogP contribution is 2.51. The minimum atomic E-state index is -0.910. The van der Waals surface area contributed by atoms with E-state index in [1.54, 1.807) is 23.6 Å². The van der Waals surface area contributed by atoms with Crippen LogP contribution in [-0.2, 0) is 26.4 Å². The predicted molar refractivity (Wildman–Crippen MR) is 189 cm³/mol. The predicted octanol–water partition coefficient (Wildman–Crippen LogP) is 6.50. The number of methoxy groups -OCH3 is 1. The summed E-state index contributed by atoms with van der Waals surface area (Å²) in [6.45, 7) is 7.42. The SMILES string of the molecule is CCCCCCCCCC(=O)OCOc1c2n(cc(C(=O)NCc3ccc(F)cc3F)c1=O)[C@]1(C)CN(C2=O)[C@@H](C)CC[C@]1(C)CC(=NC)OC. The fourth-order valence-corrected chi connectivity index (χ4v) is 7.13. The van der Waals surface area contributed by atoms with E-state index in [1.165, 1.54) is 25.1 Å². The number of nitrogens with zero attached hydrogens (tertiary/aromatic N) is 3. The molecule has 4 rings (SSSR count). The molecule has 3 heterocycles. The van der Waals surface area contributed by atoms with Gasteiger partial charge in [-0.25, -0.2) is 8.78 Å². The van der Waals surface area contributed by atoms with E-state index in [1.807, 2.05) is 13.8 Å². The van der Waals surface area contributed by atoms with Crippen molar-refractivity contribution in [1.82, 2.24) is 14.8 Å². The molecule has 3 atom stereocenters. The van der Waals surface area contributed by atoms with E-state index in [9.17, 15) is 28.0 Å². The zero-order valence-electron chi connectivity index (χ0n) is 30.7. The van der Waals surface area contributed by atoms with Gasteiger partial charge >= 0.3 is 5.97 Å². The monoisotopic (exact) mass is 714 g/mol. The summed E-state index contributed by atoms with van der Waals surface area (Å²) >= 11 is 0. The first-order chi connectivity index (χ1) is 24.3. The molecule has 0 saturated carbocycles. The summed E-state index contributed by atoms with van der Waals surface area (Å²) in [7, 11) is 3.18. The molecule has 1 aromatic heterocycles. The second kappa shape index (κ2) is 17.3. The Morgan fingerprint density at radius 2 is 1.78 bits per heavy atom. The van der Waals surface area contributed by atoms with Crippen molar-refractivity contribution >= 4 is 23.7 Å². The van der Waals surface area contributed by atoms with Crippen LogP contribution in [0.15, 0.2) is 34.2 Å². The number of esters is 1. The van der Waals surface area contributed by atoms with E-state index >= 15 is 0 Å². The molecule has 2 aromatic rings. The summed E-state index contributed by atoms with van der Waals surface area (Å²) in [4.78, 5) is 60.6. The molecule has 13 heteroatoms. The summed E-state index contributed by atoms with van der Waals surface area (Å²) < 4.78 is 46.3. The maximum atomic E-state index is 14.4. The summed E-state index contributed by atoms with van der Waals surface area (Å²) in [6.07, 6.45) is 10.4. The van der Waals surface area contributed by atoms with E-state index in [0.29, 0.717) is 37.6 Å². The molecule has 0 spiro atoms. The quantitative estimate of drug-likeness (QED) is 0.0691. The number of carbonyl (C=O) groups is 3. The van der Waals surface area contributed by atoms with E-state index in [-0.39, 0.29) is 42.4 Å². The molecule has 0 unspecified atom stereocenters. The Balaban J connectivity index is 1.71. The molecule has 0 radical (unpaired) electrons. The van der Waals surface area contributed by atoms with Gasteiger partial charge in [0.2, 0.25) is 18.0 Å². The Hall–Kier alpha value is -4.29. The molecule has 1 fully saturated rings. The number of halogens is 2. The minimum absolute atomic E-state index is 0.0150. The van der Waals surface area contributed by atoms with Crippen molar-refractivity contribution in [2.24, 2.45) is 10.4 Å². The Kier molecular flexibility index (Phi) is 13.4. The van der Waals surface area contributed by atoms with Gasteiger partial charge in [-0.1, -0.05) is 58.4 Å². The fourth-order valence-electron chi connectivity index (χ4n) is 7.13. The lowest BCUT2D eigenvalue weighted by atomic mass is 9.66. The normalized spacial score (nSPS) is 21.5. The topological polar surface area (TPSA) is 129 Å². The van der Waals surface area contributed by atoms with Gasteiger partial charge in [-0.15, -0.1) is 0 Å². The van der Waals surface area contributed by atoms with Crippen molar-refractivity contribution in [2.45, 2.75) is 116 Å². The van der Waals surface area contributed by atoms with Gasteiger partial charge in [-0.05, 0) is 39.2 Å². The number of hydrogen-bond acceptors (Lipinski definition) is 8. The number of benzene rings is 1. The van der Waals surface area contributed by atoms with Crippen LogP contribution >= 0.6 is 0 Å². The molecular weight excluding hydrogens is 662 g/mol. The maximum Gasteiger partial charge on any atom is 0.308 e. The van der Waals surface area contributed by atoms with E-state index in [0.717, 1.165) is 31.7 Å². The zero-order chi connectivity index (χ0) is 37.3. The standard InChI is InChI=1S/C38H52F2N4O7/c1-7-8-9-10-11-12-13-14-31(45)50-24-51-34-32-36(48)43-23-38(4,37(3,18-17-25(43)2)20-30(41-5)49-6)44(32)22-28(33(34)46)35(47)42-21-26-15-16-27(39)19-29(26)40/h15-16,19,22,25H,7-14,17-18,20-21,23-24H2,1-6H3,(H,42,47)/t25-,37+,38+/m0/s1. The average molecular weight is 715 g/mol. The molecule has 2 aliphatic heterocycles. The molecule has 2 aliphatic rings. The van der Waals surface area contributed by atoms with Crippen LogP contribution in [0, 0.1) is 17.0 Å². The van der Waals surface area contributed by atoms with Gasteiger partial charge in [0.05, 0.1) is 12.6 Å². The lowest BCUT2D eigenvalue weighted by Gasteiger charge is -2.52. The summed E-state index contributed by atoms with van der Waals surface area (Å²) in [5, 5.41) is 2.55. The number of rotatable bonds is 16. The van der Waals surface area contributed by atoms with Crippen LogP contribution < -0.4 is 15.5 Å². The second-order valence-electron chi connectivity index (χ2n) is 14.1. The van der Waals surface area contributed by atoms with Crippen molar-refractivity contribution in [1.29, 1.82) is 0 Å². The number of hydrogen-bond donors (Lipinski definition) is 1. The second-order valence-corrected chi connectivity index (χ2v) is 14.1. The lowest BCUT2D eigenvalue weighted by Crippen LogP contribution is -2.60. The highest BCUT2D eigenvalue weighted by Gasteiger charge is 2.55. The third kappa shape index (κ3) is 8.78. The zero-order valence-corrected chi connectivity index (χ0v) is 30.7. The number of ether oxygens (including phenoxy) is 3. The third-order valence-electron chi connectivity index (χ3n) is 10.7. The van der Waals surface area contributed by atoms with Crippen molar-refractivity contribution in [3.05, 3.63) is 63.1 Å². The van der Waals surface area contributed by atoms with Crippen molar-refractivity contribution in [2.75, 3.05) is 27.5 Å². The number of nitrogens with one attached hydrogen (secondary N) is 1. The first-order valence-corrected chi connectivity index (χ1v) is 17.9. The van der Waals surface area contributed by atoms with E-state index < -0.39 is 58.3 Å². The van der Waals surface area contributed by atoms with Gasteiger partial charge in [0.15, 0.2) is 11.6 Å². The molecule has 1 aromatic carbocycles. The Labute approximate surface area is 298 Å². The highest BCUT2D eigenvalue weighted by molar-refractivity contribution is 5.99. The van der Waals surface area contributed by atoms with Crippen molar-refractivity contribution in [3.8, 4) is 5.75 Å². The van der Waals surface area contributed by atoms with E-state index in [2.05, 4.69) is 24.2 Å². The average Bonchev–Trinajstić information content (AvgIpc) is 3.18. The Morgan fingerprint density at radius 3 is 2.45 bits per heavy atom. The first kappa shape index (κ1) is 39.5. The molecular formula is C38H52F2N4O7. The lowest BCUT2D eigenvalue weighted by molar-refractivity contribution is -0.150. The Bertz CT molecular complexity index is 1680. The molecule has 280 valence electrons. The molecule has 51 heavy (non-hydrogen) atoms. The van der Waals surface area contributed by atoms with Gasteiger partial charge in [-0.2, -0.15) is 0 Å². The number of fused-ring (bicyclic) bond motifs is 4. The van der Waals surface area contributed by atoms with Crippen LogP contribution in [0.4, 0.5) is 8.78 Å². The first-order valence-electron chi connectivity index (χ1n) is 17.9. The van der Waals surface area contributed by atoms with Gasteiger partial charge in [-0.3, -0.25) is 24.2 Å². The van der Waals surface area contributed by atoms with Gasteiger partial charge < -0.3 is 29.0 Å². The van der Waals surface area contributed by atoms with Gasteiger partial charge in [0.1, 0.15) is 17.2 Å². The van der Waals surface area contributed by atoms with Crippen LogP contribution in [0.2, 0.25) is 0 Å². The Morgan fingerprint density at radius 1 is 1.08 bits per heavy atom. The van der Waals surface area contributed by atoms with Crippen molar-refractivity contribution < 1.29 is 37.4 Å². The van der Waals surface area contributed by atoms with Crippen molar-refractivity contribution in [3.63, 3.8) is 0 Å². The van der Waals surface area contributed by atoms with Crippen LogP contribution in [0.1, 0.15) is 125 Å². The largest absolute Gasteiger partial charge is 0.484 e. The number of aliphatic imine (C=N–C) groups is 1. The number of pyridine rings is 1. The van der Waals surface area contributed by atoms with Crippen LogP contribution in [0.3, 0.4) is 0 Å². The van der Waals surface area contributed by atoms with Gasteiger partial charge in [0, 0.05) is 62.3 Å². The maximum absolute atomic E-state index is 14.4. The third-order valence-corrected chi connectivity index (χ3v) is 10.7. The summed E-state index contributed by atoms with van der Waals surface area (Å²) in [6, 6.07) is 2.79. The molecule has 11 nitrogen and oxygen atoms in total. The molecule has 1 N–H and O–H groups in total.